The van der Waals surface area contributed by atoms with Crippen molar-refractivity contribution < 1.29 is 4.79 Å². The van der Waals surface area contributed by atoms with Crippen LogP contribution in [0, 0.1) is 12.8 Å². The van der Waals surface area contributed by atoms with Crippen molar-refractivity contribution in [3.8, 4) is 0 Å². The Morgan fingerprint density at radius 2 is 1.71 bits per heavy atom. The molecule has 4 aromatic rings. The number of pyridine rings is 1. The molecule has 7 nitrogen and oxygen atoms in total. The molecule has 3 N–H and O–H groups in total. The number of amides is 1. The smallest absolute Gasteiger partial charge is 0.251 e. The normalized spacial score (nSPS) is 17.2. The molecule has 1 aromatic heterocycles. The minimum Gasteiger partial charge on any atom is -0.369 e. The number of anilines is 3. The van der Waals surface area contributed by atoms with Crippen molar-refractivity contribution in [1.29, 1.82) is 0 Å². The van der Waals surface area contributed by atoms with Crippen LogP contribution in [-0.2, 0) is 13.0 Å². The van der Waals surface area contributed by atoms with E-state index in [0.717, 1.165) is 55.2 Å². The fourth-order valence-corrected chi connectivity index (χ4v) is 6.36. The lowest BCUT2D eigenvalue weighted by molar-refractivity contribution is 0.0954. The summed E-state index contributed by atoms with van der Waals surface area (Å²) in [4.78, 5) is 28.1. The molecule has 1 amide bonds. The predicted molar refractivity (Wildman–Crippen MR) is 174 cm³/mol. The highest BCUT2D eigenvalue weighted by Gasteiger charge is 2.35. The molecule has 1 fully saturated rings. The third-order valence-electron chi connectivity index (χ3n) is 8.18. The molecular formula is C34H35N5O2S. The number of thiocarbonyl (C=S) groups is 1. The third-order valence-corrected chi connectivity index (χ3v) is 8.38. The maximum absolute atomic E-state index is 13.2. The molecule has 42 heavy (non-hydrogen) atoms. The van der Waals surface area contributed by atoms with Gasteiger partial charge in [0, 0.05) is 55.1 Å². The number of fused-ring (bicyclic) bond motifs is 4. The first kappa shape index (κ1) is 27.7. The number of rotatable bonds is 7. The Hall–Kier alpha value is -4.43. The number of hydrogen-bond acceptors (Lipinski definition) is 4. The van der Waals surface area contributed by atoms with E-state index in [2.05, 4.69) is 39.0 Å². The van der Waals surface area contributed by atoms with Gasteiger partial charge in [0.25, 0.3) is 11.5 Å². The lowest BCUT2D eigenvalue weighted by Gasteiger charge is -2.44. The van der Waals surface area contributed by atoms with Gasteiger partial charge in [-0.2, -0.15) is 0 Å². The SMILES string of the molecule is Cc1ccc(NC(=S)Nc2cc(C(=O)NCCc3ccccc3)ccc2N2CC3CC(C2)c2cccc(=O)n2C3)cc1. The Morgan fingerprint density at radius 1 is 0.905 bits per heavy atom. The van der Waals surface area contributed by atoms with Gasteiger partial charge >= 0.3 is 0 Å². The van der Waals surface area contributed by atoms with Crippen molar-refractivity contribution in [3.05, 3.63) is 124 Å². The van der Waals surface area contributed by atoms with Crippen LogP contribution in [0.5, 0.6) is 0 Å². The molecular weight excluding hydrogens is 542 g/mol. The van der Waals surface area contributed by atoms with Crippen LogP contribution in [-0.4, -0.2) is 35.2 Å². The highest BCUT2D eigenvalue weighted by atomic mass is 32.1. The quantitative estimate of drug-likeness (QED) is 0.250. The summed E-state index contributed by atoms with van der Waals surface area (Å²) in [6.45, 7) is 4.93. The molecule has 2 bridgehead atoms. The molecule has 6 rings (SSSR count). The first-order chi connectivity index (χ1) is 20.4. The average Bonchev–Trinajstić information content (AvgIpc) is 2.99. The molecule has 2 atom stereocenters. The van der Waals surface area contributed by atoms with E-state index >= 15 is 0 Å². The maximum atomic E-state index is 13.2. The number of aromatic nitrogens is 1. The summed E-state index contributed by atoms with van der Waals surface area (Å²) >= 11 is 5.71. The number of carbonyl (C=O) groups excluding carboxylic acids is 1. The van der Waals surface area contributed by atoms with Crippen molar-refractivity contribution in [1.82, 2.24) is 9.88 Å². The molecule has 0 spiro atoms. The Balaban J connectivity index is 1.24. The van der Waals surface area contributed by atoms with Crippen molar-refractivity contribution in [2.75, 3.05) is 35.2 Å². The highest BCUT2D eigenvalue weighted by Crippen LogP contribution is 2.39. The molecule has 0 aliphatic carbocycles. The molecule has 1 saturated heterocycles. The van der Waals surface area contributed by atoms with E-state index in [1.54, 1.807) is 6.07 Å². The molecule has 3 aromatic carbocycles. The van der Waals surface area contributed by atoms with E-state index in [0.29, 0.717) is 23.1 Å². The molecule has 214 valence electrons. The lowest BCUT2D eigenvalue weighted by atomic mass is 9.83. The topological polar surface area (TPSA) is 78.4 Å². The van der Waals surface area contributed by atoms with Gasteiger partial charge in [-0.05, 0) is 79.9 Å². The molecule has 2 aliphatic heterocycles. The van der Waals surface area contributed by atoms with Crippen molar-refractivity contribution in [3.63, 3.8) is 0 Å². The van der Waals surface area contributed by atoms with Gasteiger partial charge in [0.2, 0.25) is 0 Å². The van der Waals surface area contributed by atoms with Crippen LogP contribution in [0.3, 0.4) is 0 Å². The van der Waals surface area contributed by atoms with Gasteiger partial charge in [-0.15, -0.1) is 0 Å². The predicted octanol–water partition coefficient (Wildman–Crippen LogP) is 5.56. The molecule has 2 aliphatic rings. The Kier molecular flexibility index (Phi) is 8.06. The Bertz CT molecular complexity index is 1650. The number of aryl methyl sites for hydroxylation is 1. The minimum absolute atomic E-state index is 0.0770. The summed E-state index contributed by atoms with van der Waals surface area (Å²) in [6.07, 6.45) is 1.83. The van der Waals surface area contributed by atoms with E-state index < -0.39 is 0 Å². The Labute approximate surface area is 251 Å². The standard InChI is InChI=1S/C34H35N5O2S/c1-23-10-13-28(14-11-23)36-34(42)37-29-19-26(33(41)35-17-16-24-6-3-2-4-7-24)12-15-31(29)38-20-25-18-27(22-38)30-8-5-9-32(40)39(30)21-25/h2-15,19,25,27H,16-18,20-22H2,1H3,(H,35,41)(H2,36,37,42). The zero-order chi connectivity index (χ0) is 29.1. The number of piperidine rings is 1. The van der Waals surface area contributed by atoms with E-state index in [9.17, 15) is 9.59 Å². The van der Waals surface area contributed by atoms with Gasteiger partial charge in [0.05, 0.1) is 11.4 Å². The van der Waals surface area contributed by atoms with Crippen LogP contribution in [0.4, 0.5) is 17.1 Å². The van der Waals surface area contributed by atoms with E-state index in [1.807, 2.05) is 78.2 Å². The number of nitrogens with zero attached hydrogens (tertiary/aromatic N) is 2. The second-order valence-electron chi connectivity index (χ2n) is 11.3. The van der Waals surface area contributed by atoms with Crippen molar-refractivity contribution in [2.24, 2.45) is 5.92 Å². The van der Waals surface area contributed by atoms with Crippen LogP contribution < -0.4 is 26.4 Å². The molecule has 2 unspecified atom stereocenters. The number of benzene rings is 3. The summed E-state index contributed by atoms with van der Waals surface area (Å²) < 4.78 is 1.94. The van der Waals surface area contributed by atoms with Gasteiger partial charge < -0.3 is 25.4 Å². The number of carbonyl (C=O) groups is 1. The van der Waals surface area contributed by atoms with Gasteiger partial charge in [-0.1, -0.05) is 54.1 Å². The largest absolute Gasteiger partial charge is 0.369 e. The van der Waals surface area contributed by atoms with Gasteiger partial charge in [0.1, 0.15) is 0 Å². The van der Waals surface area contributed by atoms with Gasteiger partial charge in [0.15, 0.2) is 5.11 Å². The Morgan fingerprint density at radius 3 is 2.52 bits per heavy atom. The van der Waals surface area contributed by atoms with Crippen LogP contribution in [0.25, 0.3) is 0 Å². The monoisotopic (exact) mass is 577 g/mol. The lowest BCUT2D eigenvalue weighted by Crippen LogP contribution is -2.47. The summed E-state index contributed by atoms with van der Waals surface area (Å²) in [5.74, 6) is 0.502. The summed E-state index contributed by atoms with van der Waals surface area (Å²) in [5, 5.41) is 10.2. The van der Waals surface area contributed by atoms with Gasteiger partial charge in [-0.3, -0.25) is 9.59 Å². The van der Waals surface area contributed by atoms with Gasteiger partial charge in [-0.25, -0.2) is 0 Å². The average molecular weight is 578 g/mol. The summed E-state index contributed by atoms with van der Waals surface area (Å²) in [7, 11) is 0. The molecule has 8 heteroatoms. The number of nitrogens with one attached hydrogen (secondary N) is 3. The zero-order valence-corrected chi connectivity index (χ0v) is 24.5. The summed E-state index contributed by atoms with van der Waals surface area (Å²) in [5.41, 5.74) is 6.77. The first-order valence-corrected chi connectivity index (χ1v) is 14.9. The van der Waals surface area contributed by atoms with Crippen LogP contribution in [0.15, 0.2) is 95.8 Å². The highest BCUT2D eigenvalue weighted by molar-refractivity contribution is 7.80. The van der Waals surface area contributed by atoms with Crippen molar-refractivity contribution in [2.45, 2.75) is 32.2 Å². The molecule has 0 radical (unpaired) electrons. The number of hydrogen-bond donors (Lipinski definition) is 3. The zero-order valence-electron chi connectivity index (χ0n) is 23.7. The maximum Gasteiger partial charge on any atom is 0.251 e. The van der Waals surface area contributed by atoms with E-state index in [1.165, 1.54) is 11.1 Å². The third kappa shape index (κ3) is 6.24. The second kappa shape index (κ2) is 12.2. The fourth-order valence-electron chi connectivity index (χ4n) is 6.13. The summed E-state index contributed by atoms with van der Waals surface area (Å²) in [6, 6.07) is 29.6. The minimum atomic E-state index is -0.123. The van der Waals surface area contributed by atoms with E-state index in [-0.39, 0.29) is 17.4 Å². The van der Waals surface area contributed by atoms with Crippen molar-refractivity contribution >= 4 is 40.3 Å². The first-order valence-electron chi connectivity index (χ1n) is 14.5. The van der Waals surface area contributed by atoms with Crippen LogP contribution in [0.2, 0.25) is 0 Å². The van der Waals surface area contributed by atoms with E-state index in [4.69, 9.17) is 12.2 Å². The molecule has 3 heterocycles. The van der Waals surface area contributed by atoms with Crippen LogP contribution >= 0.6 is 12.2 Å². The fraction of sp³-hybridized carbons (Fsp3) is 0.265. The second-order valence-corrected chi connectivity index (χ2v) is 11.7. The molecule has 0 saturated carbocycles. The van der Waals surface area contributed by atoms with Crippen LogP contribution in [0.1, 0.15) is 39.5 Å².